The summed E-state index contributed by atoms with van der Waals surface area (Å²) in [6.45, 7) is 1.23. The number of piperidine rings is 1. The number of aromatic nitrogens is 2. The Morgan fingerprint density at radius 2 is 2.08 bits per heavy atom. The first-order chi connectivity index (χ1) is 11.5. The maximum Gasteiger partial charge on any atom is 0.239 e. The number of amides is 1. The van der Waals surface area contributed by atoms with Gasteiger partial charge < -0.3 is 5.32 Å². The average molecular weight is 349 g/mol. The van der Waals surface area contributed by atoms with Crippen LogP contribution in [0.4, 0.5) is 10.2 Å². The second-order valence-electron chi connectivity index (χ2n) is 5.91. The lowest BCUT2D eigenvalue weighted by Crippen LogP contribution is -2.43. The number of carbonyl (C=O) groups excluding carboxylic acids is 1. The van der Waals surface area contributed by atoms with Crippen LogP contribution in [0.2, 0.25) is 5.02 Å². The Hall–Kier alpha value is -2.05. The number of rotatable bonds is 4. The first kappa shape index (κ1) is 16.8. The van der Waals surface area contributed by atoms with E-state index in [4.69, 9.17) is 11.6 Å². The van der Waals surface area contributed by atoms with Gasteiger partial charge in [0.1, 0.15) is 5.67 Å². The summed E-state index contributed by atoms with van der Waals surface area (Å²) in [6.07, 6.45) is 2.22. The first-order valence-corrected chi connectivity index (χ1v) is 8.18. The van der Waals surface area contributed by atoms with E-state index in [-0.39, 0.29) is 12.5 Å². The van der Waals surface area contributed by atoms with Gasteiger partial charge in [0.15, 0.2) is 5.82 Å². The average Bonchev–Trinajstić information content (AvgIpc) is 2.58. The molecule has 0 saturated carbocycles. The highest BCUT2D eigenvalue weighted by Crippen LogP contribution is 2.37. The van der Waals surface area contributed by atoms with Gasteiger partial charge in [-0.15, -0.1) is 5.10 Å². The second kappa shape index (κ2) is 7.23. The minimum absolute atomic E-state index is 0.176. The third-order valence-corrected chi connectivity index (χ3v) is 4.43. The summed E-state index contributed by atoms with van der Waals surface area (Å²) in [5.41, 5.74) is -0.776. The summed E-state index contributed by atoms with van der Waals surface area (Å²) in [5, 5.41) is 10.7. The van der Waals surface area contributed by atoms with Gasteiger partial charge in [-0.25, -0.2) is 4.39 Å². The van der Waals surface area contributed by atoms with Crippen molar-refractivity contribution in [1.29, 1.82) is 0 Å². The monoisotopic (exact) mass is 348 g/mol. The molecule has 0 radical (unpaired) electrons. The Balaban J connectivity index is 1.54. The first-order valence-electron chi connectivity index (χ1n) is 7.80. The number of anilines is 1. The fraction of sp³-hybridized carbons (Fsp3) is 0.353. The van der Waals surface area contributed by atoms with Crippen molar-refractivity contribution in [2.75, 3.05) is 25.0 Å². The molecule has 0 spiro atoms. The van der Waals surface area contributed by atoms with Crippen LogP contribution >= 0.6 is 11.6 Å². The van der Waals surface area contributed by atoms with Gasteiger partial charge in [-0.2, -0.15) is 5.10 Å². The summed E-state index contributed by atoms with van der Waals surface area (Å²) in [5.74, 6) is 0.239. The Morgan fingerprint density at radius 3 is 2.75 bits per heavy atom. The molecule has 2 heterocycles. The summed E-state index contributed by atoms with van der Waals surface area (Å²) in [7, 11) is 0. The van der Waals surface area contributed by atoms with Crippen LogP contribution in [0, 0.1) is 0 Å². The molecule has 1 amide bonds. The van der Waals surface area contributed by atoms with Gasteiger partial charge in [-0.05, 0) is 42.7 Å². The third kappa shape index (κ3) is 4.07. The summed E-state index contributed by atoms with van der Waals surface area (Å²) in [6, 6.07) is 10.3. The summed E-state index contributed by atoms with van der Waals surface area (Å²) >= 11 is 5.96. The third-order valence-electron chi connectivity index (χ3n) is 4.20. The maximum atomic E-state index is 15.1. The van der Waals surface area contributed by atoms with E-state index in [1.165, 1.54) is 6.20 Å². The molecule has 1 fully saturated rings. The Bertz CT molecular complexity index is 705. The minimum atomic E-state index is -1.39. The molecule has 3 rings (SSSR count). The lowest BCUT2D eigenvalue weighted by Gasteiger charge is -2.36. The van der Waals surface area contributed by atoms with E-state index < -0.39 is 5.67 Å². The number of nitrogens with zero attached hydrogens (tertiary/aromatic N) is 3. The largest absolute Gasteiger partial charge is 0.308 e. The van der Waals surface area contributed by atoms with Gasteiger partial charge in [-0.1, -0.05) is 23.7 Å². The molecule has 0 aliphatic carbocycles. The van der Waals surface area contributed by atoms with Crippen molar-refractivity contribution in [3.63, 3.8) is 0 Å². The SMILES string of the molecule is O=C(CN1CCC(F)(c2cccc(Cl)c2)CC1)Nc1cccnn1. The number of likely N-dealkylation sites (tertiary alicyclic amines) is 1. The summed E-state index contributed by atoms with van der Waals surface area (Å²) in [4.78, 5) is 14.0. The van der Waals surface area contributed by atoms with E-state index in [1.54, 1.807) is 36.4 Å². The number of nitrogens with one attached hydrogen (secondary N) is 1. The van der Waals surface area contributed by atoms with Gasteiger partial charge >= 0.3 is 0 Å². The number of halogens is 2. The Labute approximate surface area is 144 Å². The molecular weight excluding hydrogens is 331 g/mol. The van der Waals surface area contributed by atoms with E-state index in [1.807, 2.05) is 4.90 Å². The van der Waals surface area contributed by atoms with E-state index in [0.717, 1.165) is 0 Å². The zero-order valence-corrected chi connectivity index (χ0v) is 13.8. The van der Waals surface area contributed by atoms with E-state index in [2.05, 4.69) is 15.5 Å². The quantitative estimate of drug-likeness (QED) is 0.922. The van der Waals surface area contributed by atoms with Crippen molar-refractivity contribution >= 4 is 23.3 Å². The molecule has 1 aromatic heterocycles. The van der Waals surface area contributed by atoms with Crippen LogP contribution in [0.25, 0.3) is 0 Å². The highest BCUT2D eigenvalue weighted by atomic mass is 35.5. The van der Waals surface area contributed by atoms with Crippen LogP contribution in [-0.2, 0) is 10.5 Å². The van der Waals surface area contributed by atoms with Crippen LogP contribution in [0.5, 0.6) is 0 Å². The molecule has 2 aromatic rings. The van der Waals surface area contributed by atoms with Crippen LogP contribution < -0.4 is 5.32 Å². The molecule has 0 unspecified atom stereocenters. The molecule has 7 heteroatoms. The molecule has 0 bridgehead atoms. The molecule has 24 heavy (non-hydrogen) atoms. The predicted octanol–water partition coefficient (Wildman–Crippen LogP) is 3.03. The lowest BCUT2D eigenvalue weighted by molar-refractivity contribution is -0.118. The smallest absolute Gasteiger partial charge is 0.239 e. The van der Waals surface area contributed by atoms with Crippen LogP contribution in [0.15, 0.2) is 42.6 Å². The fourth-order valence-electron chi connectivity index (χ4n) is 2.88. The number of hydrogen-bond acceptors (Lipinski definition) is 4. The van der Waals surface area contributed by atoms with E-state index in [9.17, 15) is 4.79 Å². The predicted molar refractivity (Wildman–Crippen MR) is 90.6 cm³/mol. The lowest BCUT2D eigenvalue weighted by atomic mass is 9.86. The second-order valence-corrected chi connectivity index (χ2v) is 6.35. The minimum Gasteiger partial charge on any atom is -0.308 e. The molecule has 1 aliphatic rings. The van der Waals surface area contributed by atoms with Crippen molar-refractivity contribution < 1.29 is 9.18 Å². The molecule has 126 valence electrons. The zero-order valence-electron chi connectivity index (χ0n) is 13.1. The number of carbonyl (C=O) groups is 1. The van der Waals surface area contributed by atoms with Crippen molar-refractivity contribution in [2.45, 2.75) is 18.5 Å². The number of alkyl halides is 1. The van der Waals surface area contributed by atoms with E-state index in [0.29, 0.717) is 42.3 Å². The van der Waals surface area contributed by atoms with Gasteiger partial charge in [0.25, 0.3) is 0 Å². The normalized spacial score (nSPS) is 17.4. The van der Waals surface area contributed by atoms with Crippen molar-refractivity contribution in [3.8, 4) is 0 Å². The van der Waals surface area contributed by atoms with Crippen LogP contribution in [0.3, 0.4) is 0 Å². The molecule has 1 aliphatic heterocycles. The molecule has 1 saturated heterocycles. The van der Waals surface area contributed by atoms with Gasteiger partial charge in [0.05, 0.1) is 6.54 Å². The van der Waals surface area contributed by atoms with Crippen LogP contribution in [-0.4, -0.2) is 40.6 Å². The standard InChI is InChI=1S/C17H18ClFN4O/c18-14-4-1-3-13(11-14)17(19)6-9-23(10-7-17)12-16(24)21-15-5-2-8-20-22-15/h1-5,8,11H,6-7,9-10,12H2,(H,21,22,24). The van der Waals surface area contributed by atoms with Crippen LogP contribution in [0.1, 0.15) is 18.4 Å². The van der Waals surface area contributed by atoms with Gasteiger partial charge in [0.2, 0.25) is 5.91 Å². The molecule has 5 nitrogen and oxygen atoms in total. The summed E-state index contributed by atoms with van der Waals surface area (Å²) < 4.78 is 15.1. The van der Waals surface area contributed by atoms with Crippen molar-refractivity contribution in [2.24, 2.45) is 0 Å². The molecule has 1 N–H and O–H groups in total. The van der Waals surface area contributed by atoms with E-state index >= 15 is 4.39 Å². The highest BCUT2D eigenvalue weighted by Gasteiger charge is 2.36. The van der Waals surface area contributed by atoms with Gasteiger partial charge in [-0.3, -0.25) is 9.69 Å². The molecule has 1 aromatic carbocycles. The Morgan fingerprint density at radius 1 is 1.29 bits per heavy atom. The Kier molecular flexibility index (Phi) is 5.06. The molecule has 0 atom stereocenters. The zero-order chi connectivity index (χ0) is 17.0. The number of hydrogen-bond donors (Lipinski definition) is 1. The fourth-order valence-corrected chi connectivity index (χ4v) is 3.07. The van der Waals surface area contributed by atoms with Crippen molar-refractivity contribution in [1.82, 2.24) is 15.1 Å². The van der Waals surface area contributed by atoms with Crippen molar-refractivity contribution in [3.05, 3.63) is 53.2 Å². The highest BCUT2D eigenvalue weighted by molar-refractivity contribution is 6.30. The topological polar surface area (TPSA) is 58.1 Å². The number of benzene rings is 1. The van der Waals surface area contributed by atoms with Gasteiger partial charge in [0, 0.05) is 24.3 Å². The molecular formula is C17H18ClFN4O. The maximum absolute atomic E-state index is 15.1.